The zero-order valence-electron chi connectivity index (χ0n) is 13.2. The van der Waals surface area contributed by atoms with Crippen LogP contribution in [0.3, 0.4) is 0 Å². The second-order valence-electron chi connectivity index (χ2n) is 5.24. The van der Waals surface area contributed by atoms with Gasteiger partial charge in [0.25, 0.3) is 5.56 Å². The maximum absolute atomic E-state index is 13.3. The van der Waals surface area contributed by atoms with Gasteiger partial charge in [-0.3, -0.25) is 9.78 Å². The van der Waals surface area contributed by atoms with E-state index in [0.29, 0.717) is 21.9 Å². The van der Waals surface area contributed by atoms with Gasteiger partial charge in [-0.25, -0.2) is 9.18 Å². The van der Waals surface area contributed by atoms with E-state index in [2.05, 4.69) is 4.98 Å². The van der Waals surface area contributed by atoms with Gasteiger partial charge in [0.2, 0.25) is 0 Å². The van der Waals surface area contributed by atoms with E-state index < -0.39 is 5.97 Å². The van der Waals surface area contributed by atoms with E-state index in [9.17, 15) is 14.0 Å². The molecule has 2 aromatic heterocycles. The Morgan fingerprint density at radius 3 is 2.58 bits per heavy atom. The quantitative estimate of drug-likeness (QED) is 0.694. The van der Waals surface area contributed by atoms with Crippen molar-refractivity contribution < 1.29 is 13.9 Å². The summed E-state index contributed by atoms with van der Waals surface area (Å²) < 4.78 is 19.6. The molecule has 0 saturated heterocycles. The Labute approximate surface area is 137 Å². The fourth-order valence-corrected chi connectivity index (χ4v) is 2.71. The second kappa shape index (κ2) is 6.23. The van der Waals surface area contributed by atoms with Crippen molar-refractivity contribution in [1.82, 2.24) is 9.55 Å². The Bertz CT molecular complexity index is 978. The molecule has 3 rings (SSSR count). The number of pyridine rings is 2. The van der Waals surface area contributed by atoms with Crippen molar-refractivity contribution in [2.24, 2.45) is 7.05 Å². The van der Waals surface area contributed by atoms with Crippen LogP contribution in [-0.2, 0) is 11.8 Å². The molecular formula is C18H15FN2O3. The highest BCUT2D eigenvalue weighted by atomic mass is 19.1. The van der Waals surface area contributed by atoms with Crippen LogP contribution in [0.5, 0.6) is 0 Å². The van der Waals surface area contributed by atoms with Gasteiger partial charge in [-0.2, -0.15) is 0 Å². The van der Waals surface area contributed by atoms with Crippen molar-refractivity contribution in [3.8, 4) is 11.1 Å². The zero-order chi connectivity index (χ0) is 17.3. The van der Waals surface area contributed by atoms with Crippen LogP contribution in [0.2, 0.25) is 0 Å². The fraction of sp³-hybridized carbons (Fsp3) is 0.167. The number of esters is 1. The van der Waals surface area contributed by atoms with Crippen molar-refractivity contribution in [2.45, 2.75) is 6.92 Å². The third-order valence-electron chi connectivity index (χ3n) is 3.80. The van der Waals surface area contributed by atoms with Gasteiger partial charge in [0.05, 0.1) is 12.0 Å². The topological polar surface area (TPSA) is 61.2 Å². The van der Waals surface area contributed by atoms with E-state index in [1.54, 1.807) is 31.3 Å². The first-order valence-electron chi connectivity index (χ1n) is 7.44. The molecule has 5 nitrogen and oxygen atoms in total. The smallest absolute Gasteiger partial charge is 0.355 e. The lowest BCUT2D eigenvalue weighted by atomic mass is 9.97. The molecule has 0 radical (unpaired) electrons. The minimum absolute atomic E-state index is 0.132. The van der Waals surface area contributed by atoms with Crippen molar-refractivity contribution in [3.63, 3.8) is 0 Å². The molecule has 0 aliphatic carbocycles. The zero-order valence-corrected chi connectivity index (χ0v) is 13.2. The Hall–Kier alpha value is -3.02. The molecule has 122 valence electrons. The molecule has 0 saturated carbocycles. The summed E-state index contributed by atoms with van der Waals surface area (Å²) in [5.74, 6) is -0.984. The lowest BCUT2D eigenvalue weighted by Gasteiger charge is -2.16. The Morgan fingerprint density at radius 2 is 1.92 bits per heavy atom. The summed E-state index contributed by atoms with van der Waals surface area (Å²) in [6.45, 7) is 1.88. The van der Waals surface area contributed by atoms with Crippen LogP contribution in [0.4, 0.5) is 4.39 Å². The first kappa shape index (κ1) is 15.9. The maximum Gasteiger partial charge on any atom is 0.355 e. The molecular weight excluding hydrogens is 311 g/mol. The summed E-state index contributed by atoms with van der Waals surface area (Å²) in [6.07, 6.45) is 3.00. The Kier molecular flexibility index (Phi) is 4.12. The number of halogens is 1. The van der Waals surface area contributed by atoms with Crippen LogP contribution in [-0.4, -0.2) is 22.1 Å². The number of hydrogen-bond acceptors (Lipinski definition) is 4. The number of nitrogens with zero attached hydrogens (tertiary/aromatic N) is 2. The molecule has 0 N–H and O–H groups in total. The van der Waals surface area contributed by atoms with Crippen LogP contribution in [0.15, 0.2) is 47.5 Å². The summed E-state index contributed by atoms with van der Waals surface area (Å²) in [7, 11) is 1.51. The summed E-state index contributed by atoms with van der Waals surface area (Å²) >= 11 is 0. The first-order valence-corrected chi connectivity index (χ1v) is 7.44. The number of carbonyl (C=O) groups is 1. The van der Waals surface area contributed by atoms with Gasteiger partial charge in [-0.1, -0.05) is 12.1 Å². The molecule has 2 heterocycles. The second-order valence-corrected chi connectivity index (χ2v) is 5.24. The highest BCUT2D eigenvalue weighted by molar-refractivity contribution is 6.06. The van der Waals surface area contributed by atoms with Crippen molar-refractivity contribution in [1.29, 1.82) is 0 Å². The number of rotatable bonds is 3. The Balaban J connectivity index is 2.45. The normalized spacial score (nSPS) is 10.8. The van der Waals surface area contributed by atoms with Crippen LogP contribution in [0.1, 0.15) is 17.4 Å². The molecule has 0 amide bonds. The highest BCUT2D eigenvalue weighted by Gasteiger charge is 2.22. The van der Waals surface area contributed by atoms with Crippen LogP contribution < -0.4 is 5.56 Å². The lowest BCUT2D eigenvalue weighted by Crippen LogP contribution is -2.26. The van der Waals surface area contributed by atoms with Gasteiger partial charge in [0.1, 0.15) is 11.5 Å². The number of benzene rings is 1. The number of carbonyl (C=O) groups excluding carboxylic acids is 1. The molecule has 0 unspecified atom stereocenters. The van der Waals surface area contributed by atoms with Gasteiger partial charge in [-0.05, 0) is 30.7 Å². The molecule has 0 aliphatic heterocycles. The third-order valence-corrected chi connectivity index (χ3v) is 3.80. The third kappa shape index (κ3) is 2.56. The predicted octanol–water partition coefficient (Wildman–Crippen LogP) is 2.92. The molecule has 24 heavy (non-hydrogen) atoms. The monoisotopic (exact) mass is 326 g/mol. The standard InChI is InChI=1S/C18H15FN2O3/c1-3-24-18(23)16-15(11-4-6-12(19)7-5-11)13-8-9-20-10-14(13)17(22)21(16)2/h4-10H,3H2,1-2H3. The average Bonchev–Trinajstić information content (AvgIpc) is 2.59. The van der Waals surface area contributed by atoms with Crippen LogP contribution in [0, 0.1) is 5.82 Å². The summed E-state index contributed by atoms with van der Waals surface area (Å²) in [5.41, 5.74) is 0.929. The van der Waals surface area contributed by atoms with Crippen molar-refractivity contribution >= 4 is 16.7 Å². The van der Waals surface area contributed by atoms with Crippen LogP contribution in [0.25, 0.3) is 21.9 Å². The summed E-state index contributed by atoms with van der Waals surface area (Å²) in [4.78, 5) is 29.0. The number of fused-ring (bicyclic) bond motifs is 1. The molecule has 0 aliphatic rings. The van der Waals surface area contributed by atoms with Gasteiger partial charge in [-0.15, -0.1) is 0 Å². The Morgan fingerprint density at radius 1 is 1.21 bits per heavy atom. The summed E-state index contributed by atoms with van der Waals surface area (Å²) in [5, 5.41) is 0.954. The van der Waals surface area contributed by atoms with E-state index in [4.69, 9.17) is 4.74 Å². The van der Waals surface area contributed by atoms with E-state index in [0.717, 1.165) is 0 Å². The average molecular weight is 326 g/mol. The minimum Gasteiger partial charge on any atom is -0.461 e. The largest absolute Gasteiger partial charge is 0.461 e. The fourth-order valence-electron chi connectivity index (χ4n) is 2.71. The first-order chi connectivity index (χ1) is 11.5. The highest BCUT2D eigenvalue weighted by Crippen LogP contribution is 2.30. The van der Waals surface area contributed by atoms with Gasteiger partial charge in [0.15, 0.2) is 0 Å². The molecule has 3 aromatic rings. The number of hydrogen-bond donors (Lipinski definition) is 0. The molecule has 6 heteroatoms. The molecule has 0 spiro atoms. The van der Waals surface area contributed by atoms with E-state index in [1.165, 1.54) is 29.9 Å². The molecule has 1 aromatic carbocycles. The number of aromatic nitrogens is 2. The van der Waals surface area contributed by atoms with E-state index in [-0.39, 0.29) is 23.7 Å². The molecule has 0 fully saturated rings. The van der Waals surface area contributed by atoms with Crippen molar-refractivity contribution in [3.05, 3.63) is 64.6 Å². The van der Waals surface area contributed by atoms with Crippen LogP contribution >= 0.6 is 0 Å². The predicted molar refractivity (Wildman–Crippen MR) is 88.3 cm³/mol. The van der Waals surface area contributed by atoms with E-state index >= 15 is 0 Å². The van der Waals surface area contributed by atoms with Gasteiger partial charge in [0, 0.05) is 30.4 Å². The van der Waals surface area contributed by atoms with E-state index in [1.807, 2.05) is 0 Å². The van der Waals surface area contributed by atoms with Gasteiger partial charge < -0.3 is 9.30 Å². The lowest BCUT2D eigenvalue weighted by molar-refractivity contribution is 0.0515. The summed E-state index contributed by atoms with van der Waals surface area (Å²) in [6, 6.07) is 7.42. The van der Waals surface area contributed by atoms with Gasteiger partial charge >= 0.3 is 5.97 Å². The number of ether oxygens (including phenoxy) is 1. The maximum atomic E-state index is 13.3. The molecule has 0 atom stereocenters. The SMILES string of the molecule is CCOC(=O)c1c(-c2ccc(F)cc2)c2ccncc2c(=O)n1C. The minimum atomic E-state index is -0.602. The van der Waals surface area contributed by atoms with Crippen molar-refractivity contribution in [2.75, 3.05) is 6.61 Å². The molecule has 0 bridgehead atoms.